The number of carbonyl (C=O) groups excluding carboxylic acids is 1. The molecule has 5 aromatic rings. The Morgan fingerprint density at radius 2 is 1.62 bits per heavy atom. The smallest absolute Gasteiger partial charge is 0.333 e. The quantitative estimate of drug-likeness (QED) is 0.0748. The summed E-state index contributed by atoms with van der Waals surface area (Å²) < 4.78 is 12.2. The third-order valence-corrected chi connectivity index (χ3v) is 10.1. The molecule has 0 fully saturated rings. The van der Waals surface area contributed by atoms with E-state index in [-0.39, 0.29) is 5.97 Å². The molecule has 48 heavy (non-hydrogen) atoms. The van der Waals surface area contributed by atoms with Gasteiger partial charge in [0.15, 0.2) is 0 Å². The second kappa shape index (κ2) is 15.8. The lowest BCUT2D eigenvalue weighted by atomic mass is 9.88. The van der Waals surface area contributed by atoms with E-state index in [1.807, 2.05) is 74.8 Å². The van der Waals surface area contributed by atoms with Gasteiger partial charge in [0.25, 0.3) is 0 Å². The van der Waals surface area contributed by atoms with Crippen molar-refractivity contribution in [3.8, 4) is 11.5 Å². The van der Waals surface area contributed by atoms with E-state index < -0.39 is 6.04 Å². The van der Waals surface area contributed by atoms with Crippen LogP contribution in [0.4, 0.5) is 0 Å². The molecule has 6 rings (SSSR count). The minimum absolute atomic E-state index is 0.345. The Bertz CT molecular complexity index is 1870. The number of likely N-dealkylation sites (N-methyl/N-ethyl adjacent to an activating group) is 1. The summed E-state index contributed by atoms with van der Waals surface area (Å²) in [5.41, 5.74) is 7.49. The van der Waals surface area contributed by atoms with Crippen LogP contribution in [0.25, 0.3) is 11.1 Å². The highest BCUT2D eigenvalue weighted by atomic mass is 35.5. The zero-order valence-corrected chi connectivity index (χ0v) is 29.3. The number of carbonyl (C=O) groups is 1. The van der Waals surface area contributed by atoms with E-state index in [1.54, 1.807) is 11.3 Å². The summed E-state index contributed by atoms with van der Waals surface area (Å²) in [6, 6.07) is 35.7. The maximum Gasteiger partial charge on any atom is 0.333 e. The van der Waals surface area contributed by atoms with Gasteiger partial charge in [0.2, 0.25) is 0 Å². The van der Waals surface area contributed by atoms with Crippen LogP contribution >= 0.6 is 22.9 Å². The highest BCUT2D eigenvalue weighted by Crippen LogP contribution is 2.38. The molecule has 0 saturated heterocycles. The van der Waals surface area contributed by atoms with E-state index in [2.05, 4.69) is 70.6 Å². The van der Waals surface area contributed by atoms with Gasteiger partial charge in [0.1, 0.15) is 24.1 Å². The highest BCUT2D eigenvalue weighted by Gasteiger charge is 2.34. The Morgan fingerprint density at radius 3 is 2.38 bits per heavy atom. The lowest BCUT2D eigenvalue weighted by Crippen LogP contribution is -2.39. The lowest BCUT2D eigenvalue weighted by Gasteiger charge is -2.33. The summed E-state index contributed by atoms with van der Waals surface area (Å²) in [7, 11) is 4.07. The monoisotopic (exact) mass is 676 g/mol. The van der Waals surface area contributed by atoms with E-state index in [9.17, 15) is 4.79 Å². The number of thiophene rings is 1. The fourth-order valence-corrected chi connectivity index (χ4v) is 7.42. The summed E-state index contributed by atoms with van der Waals surface area (Å²) in [4.78, 5) is 19.9. The van der Waals surface area contributed by atoms with Crippen molar-refractivity contribution in [2.24, 2.45) is 0 Å². The Hall–Kier alpha value is -4.20. The first-order valence-electron chi connectivity index (χ1n) is 16.4. The van der Waals surface area contributed by atoms with Crippen LogP contribution in [-0.2, 0) is 17.8 Å². The van der Waals surface area contributed by atoms with Crippen LogP contribution < -0.4 is 9.47 Å². The number of rotatable bonds is 12. The summed E-state index contributed by atoms with van der Waals surface area (Å²) in [6.45, 7) is 5.06. The van der Waals surface area contributed by atoms with E-state index in [0.717, 1.165) is 59.5 Å². The average Bonchev–Trinajstić information content (AvgIpc) is 3.57. The van der Waals surface area contributed by atoms with E-state index >= 15 is 0 Å². The summed E-state index contributed by atoms with van der Waals surface area (Å²) >= 11 is 8.49. The highest BCUT2D eigenvalue weighted by molar-refractivity contribution is 7.10. The number of hydrogen-bond donors (Lipinski definition) is 0. The molecule has 0 bridgehead atoms. The predicted molar refractivity (Wildman–Crippen MR) is 198 cm³/mol. The van der Waals surface area contributed by atoms with E-state index in [0.29, 0.717) is 23.9 Å². The van der Waals surface area contributed by atoms with Crippen molar-refractivity contribution in [3.05, 3.63) is 152 Å². The fraction of sp³-hybridized carbons (Fsp3) is 0.244. The molecule has 1 aliphatic rings. The van der Waals surface area contributed by atoms with Crippen LogP contribution in [-0.4, -0.2) is 49.6 Å². The van der Waals surface area contributed by atoms with Gasteiger partial charge in [0, 0.05) is 29.5 Å². The Labute approximate surface area is 293 Å². The minimum atomic E-state index is -0.638. The van der Waals surface area contributed by atoms with Gasteiger partial charge in [-0.1, -0.05) is 91.3 Å². The van der Waals surface area contributed by atoms with Gasteiger partial charge in [0.05, 0.1) is 0 Å². The van der Waals surface area contributed by atoms with Gasteiger partial charge in [-0.05, 0) is 108 Å². The molecule has 7 heteroatoms. The van der Waals surface area contributed by atoms with Crippen molar-refractivity contribution in [1.82, 2.24) is 9.80 Å². The zero-order chi connectivity index (χ0) is 33.5. The summed E-state index contributed by atoms with van der Waals surface area (Å²) in [5.74, 6) is 0.980. The standard InChI is InChI=1S/C41H41ClN2O3S/c1-4-35(29-11-6-5-7-12-29)39(30-17-19-33(20-18-30)46-25-24-43(2)3)31-13-10-14-34(27-31)47-41(45)40(36-15-8-9-16-37(36)42)44-23-21-38-32(28-44)22-26-48-38/h5-20,22,26-27,40H,4,21,23-25,28H2,1-3H3. The first-order valence-corrected chi connectivity index (χ1v) is 17.7. The van der Waals surface area contributed by atoms with Gasteiger partial charge in [-0.25, -0.2) is 4.79 Å². The zero-order valence-electron chi connectivity index (χ0n) is 27.7. The molecule has 0 amide bonds. The normalized spacial score (nSPS) is 14.3. The number of nitrogens with zero attached hydrogens (tertiary/aromatic N) is 2. The molecule has 0 radical (unpaired) electrons. The molecule has 5 nitrogen and oxygen atoms in total. The molecule has 1 aliphatic heterocycles. The molecular formula is C41H41ClN2O3S. The van der Waals surface area contributed by atoms with Crippen LogP contribution in [0.5, 0.6) is 11.5 Å². The fourth-order valence-electron chi connectivity index (χ4n) is 6.29. The van der Waals surface area contributed by atoms with Crippen molar-refractivity contribution < 1.29 is 14.3 Å². The van der Waals surface area contributed by atoms with Gasteiger partial charge in [-0.3, -0.25) is 4.90 Å². The van der Waals surface area contributed by atoms with Crippen LogP contribution in [0.2, 0.25) is 5.02 Å². The van der Waals surface area contributed by atoms with Crippen molar-refractivity contribution in [2.45, 2.75) is 32.4 Å². The van der Waals surface area contributed by atoms with Crippen LogP contribution in [0.3, 0.4) is 0 Å². The van der Waals surface area contributed by atoms with Crippen LogP contribution in [0.15, 0.2) is 115 Å². The molecule has 1 aromatic heterocycles. The topological polar surface area (TPSA) is 42.0 Å². The van der Waals surface area contributed by atoms with Gasteiger partial charge in [-0.2, -0.15) is 0 Å². The largest absolute Gasteiger partial charge is 0.492 e. The van der Waals surface area contributed by atoms with Gasteiger partial charge < -0.3 is 14.4 Å². The molecule has 1 atom stereocenters. The molecular weight excluding hydrogens is 636 g/mol. The van der Waals surface area contributed by atoms with Crippen molar-refractivity contribution >= 4 is 40.1 Å². The maximum absolute atomic E-state index is 14.2. The Morgan fingerprint density at radius 1 is 0.875 bits per heavy atom. The third-order valence-electron chi connectivity index (χ3n) is 8.69. The molecule has 0 spiro atoms. The average molecular weight is 677 g/mol. The van der Waals surface area contributed by atoms with Crippen LogP contribution in [0, 0.1) is 0 Å². The molecule has 1 unspecified atom stereocenters. The SMILES string of the molecule is CCC(=C(c1ccc(OCCN(C)C)cc1)c1cccc(OC(=O)C(c2ccccc2Cl)N2CCc3sccc3C2)c1)c1ccccc1. The Balaban J connectivity index is 1.34. The first-order chi connectivity index (χ1) is 23.4. The number of ether oxygens (including phenoxy) is 2. The second-order valence-electron chi connectivity index (χ2n) is 12.2. The summed E-state index contributed by atoms with van der Waals surface area (Å²) in [5, 5.41) is 2.68. The number of esters is 1. The first kappa shape index (κ1) is 33.7. The van der Waals surface area contributed by atoms with Gasteiger partial charge >= 0.3 is 5.97 Å². The van der Waals surface area contributed by atoms with Crippen molar-refractivity contribution in [3.63, 3.8) is 0 Å². The number of fused-ring (bicyclic) bond motifs is 1. The molecule has 0 aliphatic carbocycles. The molecule has 4 aromatic carbocycles. The van der Waals surface area contributed by atoms with Crippen LogP contribution in [0.1, 0.15) is 52.1 Å². The molecule has 2 heterocycles. The van der Waals surface area contributed by atoms with E-state index in [1.165, 1.54) is 16.0 Å². The third kappa shape index (κ3) is 7.91. The number of halogens is 1. The molecule has 0 saturated carbocycles. The van der Waals surface area contributed by atoms with E-state index in [4.69, 9.17) is 21.1 Å². The molecule has 0 N–H and O–H groups in total. The second-order valence-corrected chi connectivity index (χ2v) is 13.6. The number of hydrogen-bond acceptors (Lipinski definition) is 6. The van der Waals surface area contributed by atoms with Gasteiger partial charge in [-0.15, -0.1) is 11.3 Å². The number of allylic oxidation sites excluding steroid dienone is 1. The Kier molecular flexibility index (Phi) is 11.1. The summed E-state index contributed by atoms with van der Waals surface area (Å²) in [6.07, 6.45) is 1.71. The minimum Gasteiger partial charge on any atom is -0.492 e. The molecule has 246 valence electrons. The maximum atomic E-state index is 14.2. The predicted octanol–water partition coefficient (Wildman–Crippen LogP) is 9.42. The van der Waals surface area contributed by atoms with Crippen molar-refractivity contribution in [1.29, 1.82) is 0 Å². The van der Waals surface area contributed by atoms with Crippen molar-refractivity contribution in [2.75, 3.05) is 33.8 Å². The number of benzene rings is 4. The lowest BCUT2D eigenvalue weighted by molar-refractivity contribution is -0.141.